The zero-order valence-electron chi connectivity index (χ0n) is 12.6. The minimum atomic E-state index is 0.0819. The van der Waals surface area contributed by atoms with Crippen LogP contribution in [0.25, 0.3) is 0 Å². The van der Waals surface area contributed by atoms with Crippen molar-refractivity contribution < 1.29 is 0 Å². The third-order valence-corrected chi connectivity index (χ3v) is 3.30. The molecule has 0 saturated heterocycles. The Labute approximate surface area is 118 Å². The Hall–Kier alpha value is -0.900. The summed E-state index contributed by atoms with van der Waals surface area (Å²) >= 11 is 0. The van der Waals surface area contributed by atoms with Crippen molar-refractivity contribution in [3.05, 3.63) is 35.4 Å². The van der Waals surface area contributed by atoms with E-state index in [2.05, 4.69) is 50.1 Å². The predicted molar refractivity (Wildman–Crippen MR) is 83.2 cm³/mol. The average molecular weight is 263 g/mol. The molecular weight excluding hydrogens is 234 g/mol. The molecule has 0 fully saturated rings. The van der Waals surface area contributed by atoms with Crippen LogP contribution in [0.5, 0.6) is 0 Å². The lowest BCUT2D eigenvalue weighted by atomic mass is 10.0. The highest BCUT2D eigenvalue weighted by molar-refractivity contribution is 5.23. The standard InChI is InChI=1S/C16H29N3/c1-13(2)10-15-6-4-14(5-7-15)8-9-19(3)12-16(18)11-17/h4-7,13,16H,8-12,17-18H2,1-3H3. The van der Waals surface area contributed by atoms with E-state index in [0.717, 1.165) is 31.8 Å². The number of benzene rings is 1. The summed E-state index contributed by atoms with van der Waals surface area (Å²) in [7, 11) is 2.10. The summed E-state index contributed by atoms with van der Waals surface area (Å²) in [5.41, 5.74) is 14.2. The summed E-state index contributed by atoms with van der Waals surface area (Å²) in [6.07, 6.45) is 2.22. The van der Waals surface area contributed by atoms with Gasteiger partial charge in [0.05, 0.1) is 0 Å². The van der Waals surface area contributed by atoms with Crippen LogP contribution in [0.2, 0.25) is 0 Å². The van der Waals surface area contributed by atoms with Crippen LogP contribution in [0.15, 0.2) is 24.3 Å². The molecule has 1 unspecified atom stereocenters. The second kappa shape index (κ2) is 8.31. The van der Waals surface area contributed by atoms with Crippen molar-refractivity contribution in [1.82, 2.24) is 4.90 Å². The van der Waals surface area contributed by atoms with Crippen LogP contribution in [-0.4, -0.2) is 37.6 Å². The van der Waals surface area contributed by atoms with Gasteiger partial charge in [0.25, 0.3) is 0 Å². The topological polar surface area (TPSA) is 55.3 Å². The van der Waals surface area contributed by atoms with Crippen molar-refractivity contribution >= 4 is 0 Å². The van der Waals surface area contributed by atoms with Gasteiger partial charge in [0.2, 0.25) is 0 Å². The Bertz CT molecular complexity index is 346. The molecule has 0 radical (unpaired) electrons. The molecule has 108 valence electrons. The Morgan fingerprint density at radius 2 is 1.68 bits per heavy atom. The maximum atomic E-state index is 5.84. The number of nitrogens with zero attached hydrogens (tertiary/aromatic N) is 1. The maximum Gasteiger partial charge on any atom is 0.0292 e. The monoisotopic (exact) mass is 263 g/mol. The number of hydrogen-bond acceptors (Lipinski definition) is 3. The van der Waals surface area contributed by atoms with E-state index in [1.54, 1.807) is 0 Å². The minimum Gasteiger partial charge on any atom is -0.329 e. The lowest BCUT2D eigenvalue weighted by Crippen LogP contribution is -2.41. The molecule has 1 atom stereocenters. The van der Waals surface area contributed by atoms with Gasteiger partial charge in [-0.15, -0.1) is 0 Å². The molecule has 1 aromatic rings. The Kier molecular flexibility index (Phi) is 7.06. The average Bonchev–Trinajstić information content (AvgIpc) is 2.37. The van der Waals surface area contributed by atoms with E-state index in [1.807, 2.05) is 0 Å². The number of likely N-dealkylation sites (N-methyl/N-ethyl adjacent to an activating group) is 1. The Morgan fingerprint density at radius 1 is 1.11 bits per heavy atom. The molecule has 0 saturated carbocycles. The first-order valence-corrected chi connectivity index (χ1v) is 7.23. The summed E-state index contributed by atoms with van der Waals surface area (Å²) in [4.78, 5) is 2.25. The van der Waals surface area contributed by atoms with Gasteiger partial charge < -0.3 is 16.4 Å². The van der Waals surface area contributed by atoms with E-state index in [-0.39, 0.29) is 6.04 Å². The van der Waals surface area contributed by atoms with E-state index in [9.17, 15) is 0 Å². The first kappa shape index (κ1) is 16.2. The molecule has 4 N–H and O–H groups in total. The van der Waals surface area contributed by atoms with Gasteiger partial charge in [-0.05, 0) is 36.9 Å². The minimum absolute atomic E-state index is 0.0819. The Morgan fingerprint density at radius 3 is 2.21 bits per heavy atom. The molecule has 0 amide bonds. The van der Waals surface area contributed by atoms with Crippen molar-refractivity contribution in [3.63, 3.8) is 0 Å². The molecule has 3 nitrogen and oxygen atoms in total. The van der Waals surface area contributed by atoms with Crippen molar-refractivity contribution in [1.29, 1.82) is 0 Å². The fraction of sp³-hybridized carbons (Fsp3) is 0.625. The molecule has 3 heteroatoms. The van der Waals surface area contributed by atoms with E-state index in [0.29, 0.717) is 6.54 Å². The van der Waals surface area contributed by atoms with Crippen LogP contribution in [0.3, 0.4) is 0 Å². The van der Waals surface area contributed by atoms with Crippen LogP contribution >= 0.6 is 0 Å². The molecule has 1 rings (SSSR count). The normalized spacial score (nSPS) is 13.2. The molecule has 1 aromatic carbocycles. The van der Waals surface area contributed by atoms with Gasteiger partial charge in [-0.3, -0.25) is 0 Å². The smallest absolute Gasteiger partial charge is 0.0292 e. The molecule has 0 aliphatic heterocycles. The van der Waals surface area contributed by atoms with Gasteiger partial charge >= 0.3 is 0 Å². The fourth-order valence-corrected chi connectivity index (χ4v) is 2.20. The highest BCUT2D eigenvalue weighted by atomic mass is 15.1. The SMILES string of the molecule is CC(C)Cc1ccc(CCN(C)CC(N)CN)cc1. The number of rotatable bonds is 8. The molecule has 0 spiro atoms. The first-order valence-electron chi connectivity index (χ1n) is 7.23. The number of nitrogens with two attached hydrogens (primary N) is 2. The van der Waals surface area contributed by atoms with Gasteiger partial charge in [-0.2, -0.15) is 0 Å². The quantitative estimate of drug-likeness (QED) is 0.750. The van der Waals surface area contributed by atoms with Crippen LogP contribution in [0.1, 0.15) is 25.0 Å². The second-order valence-corrected chi connectivity index (χ2v) is 5.92. The molecule has 0 aromatic heterocycles. The summed E-state index contributed by atoms with van der Waals surface area (Å²) in [5.74, 6) is 0.717. The molecule has 0 bridgehead atoms. The van der Waals surface area contributed by atoms with Gasteiger partial charge in [0.15, 0.2) is 0 Å². The van der Waals surface area contributed by atoms with E-state index >= 15 is 0 Å². The summed E-state index contributed by atoms with van der Waals surface area (Å²) in [5, 5.41) is 0. The van der Waals surface area contributed by atoms with Crippen LogP contribution in [0, 0.1) is 5.92 Å². The van der Waals surface area contributed by atoms with Crippen LogP contribution < -0.4 is 11.5 Å². The largest absolute Gasteiger partial charge is 0.329 e. The summed E-state index contributed by atoms with van der Waals surface area (Å²) in [6.45, 7) is 6.94. The molecule has 0 heterocycles. The molecular formula is C16H29N3. The van der Waals surface area contributed by atoms with Crippen LogP contribution in [0.4, 0.5) is 0 Å². The lowest BCUT2D eigenvalue weighted by Gasteiger charge is -2.20. The molecule has 0 aliphatic rings. The zero-order chi connectivity index (χ0) is 14.3. The van der Waals surface area contributed by atoms with Crippen molar-refractivity contribution in [2.24, 2.45) is 17.4 Å². The number of hydrogen-bond donors (Lipinski definition) is 2. The van der Waals surface area contributed by atoms with E-state index in [1.165, 1.54) is 11.1 Å². The fourth-order valence-electron chi connectivity index (χ4n) is 2.20. The molecule has 19 heavy (non-hydrogen) atoms. The lowest BCUT2D eigenvalue weighted by molar-refractivity contribution is 0.316. The van der Waals surface area contributed by atoms with Gasteiger partial charge in [-0.1, -0.05) is 38.1 Å². The molecule has 0 aliphatic carbocycles. The third-order valence-electron chi connectivity index (χ3n) is 3.30. The Balaban J connectivity index is 2.37. The summed E-state index contributed by atoms with van der Waals surface area (Å²) in [6, 6.07) is 9.07. The van der Waals surface area contributed by atoms with Gasteiger partial charge in [-0.25, -0.2) is 0 Å². The third kappa shape index (κ3) is 6.71. The van der Waals surface area contributed by atoms with E-state index in [4.69, 9.17) is 11.5 Å². The maximum absolute atomic E-state index is 5.84. The van der Waals surface area contributed by atoms with Gasteiger partial charge in [0, 0.05) is 25.7 Å². The highest BCUT2D eigenvalue weighted by Gasteiger charge is 2.05. The van der Waals surface area contributed by atoms with Crippen LogP contribution in [-0.2, 0) is 12.8 Å². The zero-order valence-corrected chi connectivity index (χ0v) is 12.6. The van der Waals surface area contributed by atoms with Crippen molar-refractivity contribution in [2.45, 2.75) is 32.7 Å². The predicted octanol–water partition coefficient (Wildman–Crippen LogP) is 1.65. The van der Waals surface area contributed by atoms with Crippen molar-refractivity contribution in [3.8, 4) is 0 Å². The highest BCUT2D eigenvalue weighted by Crippen LogP contribution is 2.10. The van der Waals surface area contributed by atoms with Crippen molar-refractivity contribution in [2.75, 3.05) is 26.7 Å². The first-order chi connectivity index (χ1) is 9.01. The van der Waals surface area contributed by atoms with Gasteiger partial charge in [0.1, 0.15) is 0 Å². The second-order valence-electron chi connectivity index (χ2n) is 5.92. The summed E-state index contributed by atoms with van der Waals surface area (Å²) < 4.78 is 0. The van der Waals surface area contributed by atoms with E-state index < -0.39 is 0 Å².